The summed E-state index contributed by atoms with van der Waals surface area (Å²) in [7, 11) is 0. The van der Waals surface area contributed by atoms with Gasteiger partial charge in [-0.3, -0.25) is 0 Å². The normalized spacial score (nSPS) is 10.4. The van der Waals surface area contributed by atoms with Crippen molar-refractivity contribution in [1.82, 2.24) is 4.98 Å². The molecule has 2 aromatic carbocycles. The van der Waals surface area contributed by atoms with E-state index < -0.39 is 5.97 Å². The molecule has 0 aliphatic rings. The van der Waals surface area contributed by atoms with Gasteiger partial charge in [0.15, 0.2) is 5.76 Å². The van der Waals surface area contributed by atoms with Crippen molar-refractivity contribution in [2.45, 2.75) is 6.92 Å². The summed E-state index contributed by atoms with van der Waals surface area (Å²) in [5.74, 6) is -0.0173. The lowest BCUT2D eigenvalue weighted by Gasteiger charge is -2.00. The summed E-state index contributed by atoms with van der Waals surface area (Å²) in [5, 5.41) is 0. The van der Waals surface area contributed by atoms with Crippen molar-refractivity contribution >= 4 is 5.97 Å². The average Bonchev–Trinajstić information content (AvgIpc) is 3.02. The summed E-state index contributed by atoms with van der Waals surface area (Å²) in [4.78, 5) is 16.2. The number of rotatable bonds is 4. The van der Waals surface area contributed by atoms with Gasteiger partial charge in [-0.1, -0.05) is 60.7 Å². The average molecular weight is 293 g/mol. The third kappa shape index (κ3) is 2.76. The Morgan fingerprint density at radius 2 is 1.59 bits per heavy atom. The molecule has 1 heterocycles. The standard InChI is InChI=1S/C18H15NO3/c1-2-21-18(20)17-19-15(13-9-5-3-6-10-13)16(22-17)14-11-7-4-8-12-14/h3-12H,2H2,1H3. The summed E-state index contributed by atoms with van der Waals surface area (Å²) in [6.07, 6.45) is 0. The summed E-state index contributed by atoms with van der Waals surface area (Å²) < 4.78 is 10.7. The summed E-state index contributed by atoms with van der Waals surface area (Å²) in [6.45, 7) is 2.03. The van der Waals surface area contributed by atoms with Crippen LogP contribution in [0.5, 0.6) is 0 Å². The van der Waals surface area contributed by atoms with Crippen molar-refractivity contribution in [2.24, 2.45) is 0 Å². The third-order valence-corrected chi connectivity index (χ3v) is 3.16. The molecular weight excluding hydrogens is 278 g/mol. The van der Waals surface area contributed by atoms with Gasteiger partial charge < -0.3 is 9.15 Å². The fourth-order valence-corrected chi connectivity index (χ4v) is 2.18. The number of carbonyl (C=O) groups is 1. The predicted molar refractivity (Wildman–Crippen MR) is 83.3 cm³/mol. The van der Waals surface area contributed by atoms with E-state index in [4.69, 9.17) is 9.15 Å². The lowest BCUT2D eigenvalue weighted by molar-refractivity contribution is 0.0482. The van der Waals surface area contributed by atoms with Gasteiger partial charge in [-0.05, 0) is 6.92 Å². The van der Waals surface area contributed by atoms with Crippen LogP contribution < -0.4 is 0 Å². The molecule has 4 heteroatoms. The molecule has 0 atom stereocenters. The minimum Gasteiger partial charge on any atom is -0.459 e. The molecule has 0 spiro atoms. The maximum Gasteiger partial charge on any atom is 0.394 e. The molecule has 0 saturated carbocycles. The second kappa shape index (κ2) is 6.26. The first-order valence-corrected chi connectivity index (χ1v) is 7.08. The molecule has 1 aromatic heterocycles. The Labute approximate surface area is 128 Å². The SMILES string of the molecule is CCOC(=O)c1nc(-c2ccccc2)c(-c2ccccc2)o1. The first-order valence-electron chi connectivity index (χ1n) is 7.08. The number of esters is 1. The molecule has 0 fully saturated rings. The van der Waals surface area contributed by atoms with Crippen LogP contribution >= 0.6 is 0 Å². The van der Waals surface area contributed by atoms with Gasteiger partial charge in [-0.25, -0.2) is 9.78 Å². The number of oxazole rings is 1. The highest BCUT2D eigenvalue weighted by molar-refractivity contribution is 5.87. The fraction of sp³-hybridized carbons (Fsp3) is 0.111. The van der Waals surface area contributed by atoms with E-state index in [-0.39, 0.29) is 12.5 Å². The van der Waals surface area contributed by atoms with Gasteiger partial charge >= 0.3 is 11.9 Å². The Bertz CT molecular complexity index is 707. The van der Waals surface area contributed by atoms with Gasteiger partial charge in [0, 0.05) is 11.1 Å². The second-order valence-corrected chi connectivity index (χ2v) is 4.65. The molecule has 3 aromatic rings. The molecule has 22 heavy (non-hydrogen) atoms. The summed E-state index contributed by atoms with van der Waals surface area (Å²) >= 11 is 0. The predicted octanol–water partition coefficient (Wildman–Crippen LogP) is 4.19. The molecule has 110 valence electrons. The Balaban J connectivity index is 2.12. The second-order valence-electron chi connectivity index (χ2n) is 4.65. The number of carbonyl (C=O) groups excluding carboxylic acids is 1. The van der Waals surface area contributed by atoms with Gasteiger partial charge in [-0.2, -0.15) is 0 Å². The zero-order valence-corrected chi connectivity index (χ0v) is 12.2. The molecule has 0 N–H and O–H groups in total. The van der Waals surface area contributed by atoms with E-state index >= 15 is 0 Å². The first kappa shape index (κ1) is 14.1. The smallest absolute Gasteiger partial charge is 0.394 e. The van der Waals surface area contributed by atoms with Gasteiger partial charge in [0.1, 0.15) is 5.69 Å². The zero-order chi connectivity index (χ0) is 15.4. The van der Waals surface area contributed by atoms with Crippen LogP contribution in [0.15, 0.2) is 65.1 Å². The molecule has 0 amide bonds. The van der Waals surface area contributed by atoms with Crippen molar-refractivity contribution in [3.8, 4) is 22.6 Å². The van der Waals surface area contributed by atoms with Gasteiger partial charge in [0.05, 0.1) is 6.61 Å². The number of nitrogens with zero attached hydrogens (tertiary/aromatic N) is 1. The van der Waals surface area contributed by atoms with E-state index in [1.165, 1.54) is 0 Å². The number of hydrogen-bond acceptors (Lipinski definition) is 4. The highest BCUT2D eigenvalue weighted by Crippen LogP contribution is 2.32. The Hall–Kier alpha value is -2.88. The van der Waals surface area contributed by atoms with Crippen molar-refractivity contribution in [3.05, 3.63) is 66.6 Å². The number of hydrogen-bond donors (Lipinski definition) is 0. The maximum atomic E-state index is 11.9. The van der Waals surface area contributed by atoms with Crippen LogP contribution in [-0.2, 0) is 4.74 Å². The van der Waals surface area contributed by atoms with Crippen molar-refractivity contribution in [3.63, 3.8) is 0 Å². The lowest BCUT2D eigenvalue weighted by Crippen LogP contribution is -2.04. The summed E-state index contributed by atoms with van der Waals surface area (Å²) in [6, 6.07) is 19.2. The van der Waals surface area contributed by atoms with E-state index in [0.717, 1.165) is 11.1 Å². The molecule has 0 saturated heterocycles. The largest absolute Gasteiger partial charge is 0.459 e. The van der Waals surface area contributed by atoms with E-state index in [2.05, 4.69) is 4.98 Å². The molecule has 0 aliphatic carbocycles. The Kier molecular flexibility index (Phi) is 4.01. The Morgan fingerprint density at radius 3 is 2.18 bits per heavy atom. The molecule has 0 aliphatic heterocycles. The minimum atomic E-state index is -0.554. The highest BCUT2D eigenvalue weighted by atomic mass is 16.5. The molecule has 4 nitrogen and oxygen atoms in total. The van der Waals surface area contributed by atoms with Crippen LogP contribution in [0, 0.1) is 0 Å². The molecule has 3 rings (SSSR count). The molecule has 0 radical (unpaired) electrons. The van der Waals surface area contributed by atoms with Gasteiger partial charge in [-0.15, -0.1) is 0 Å². The van der Waals surface area contributed by atoms with Gasteiger partial charge in [0.25, 0.3) is 0 Å². The lowest BCUT2D eigenvalue weighted by atomic mass is 10.1. The minimum absolute atomic E-state index is 0.0282. The van der Waals surface area contributed by atoms with Crippen LogP contribution in [0.4, 0.5) is 0 Å². The maximum absolute atomic E-state index is 11.9. The van der Waals surface area contributed by atoms with Crippen molar-refractivity contribution < 1.29 is 13.9 Å². The third-order valence-electron chi connectivity index (χ3n) is 3.16. The van der Waals surface area contributed by atoms with Crippen LogP contribution in [0.1, 0.15) is 17.6 Å². The number of benzene rings is 2. The fourth-order valence-electron chi connectivity index (χ4n) is 2.18. The first-order chi connectivity index (χ1) is 10.8. The van der Waals surface area contributed by atoms with Crippen molar-refractivity contribution in [2.75, 3.05) is 6.61 Å². The number of ether oxygens (including phenoxy) is 1. The van der Waals surface area contributed by atoms with Crippen LogP contribution in [0.3, 0.4) is 0 Å². The van der Waals surface area contributed by atoms with E-state index in [1.54, 1.807) is 6.92 Å². The molecular formula is C18H15NO3. The zero-order valence-electron chi connectivity index (χ0n) is 12.2. The topological polar surface area (TPSA) is 52.3 Å². The van der Waals surface area contributed by atoms with Crippen LogP contribution in [-0.4, -0.2) is 17.6 Å². The van der Waals surface area contributed by atoms with E-state index in [1.807, 2.05) is 60.7 Å². The molecule has 0 unspecified atom stereocenters. The van der Waals surface area contributed by atoms with Gasteiger partial charge in [0.2, 0.25) is 0 Å². The number of aromatic nitrogens is 1. The highest BCUT2D eigenvalue weighted by Gasteiger charge is 2.21. The molecule has 0 bridgehead atoms. The van der Waals surface area contributed by atoms with E-state index in [0.29, 0.717) is 11.5 Å². The van der Waals surface area contributed by atoms with E-state index in [9.17, 15) is 4.79 Å². The monoisotopic (exact) mass is 293 g/mol. The quantitative estimate of drug-likeness (QED) is 0.677. The summed E-state index contributed by atoms with van der Waals surface area (Å²) in [5.41, 5.74) is 2.39. The van der Waals surface area contributed by atoms with Crippen molar-refractivity contribution in [1.29, 1.82) is 0 Å². The van der Waals surface area contributed by atoms with Crippen LogP contribution in [0.2, 0.25) is 0 Å². The van der Waals surface area contributed by atoms with Crippen LogP contribution in [0.25, 0.3) is 22.6 Å². The Morgan fingerprint density at radius 1 is 1.00 bits per heavy atom.